The van der Waals surface area contributed by atoms with Crippen LogP contribution in [0.1, 0.15) is 25.7 Å². The van der Waals surface area contributed by atoms with Crippen LogP contribution in [0.2, 0.25) is 5.02 Å². The summed E-state index contributed by atoms with van der Waals surface area (Å²) in [4.78, 5) is 12.6. The second kappa shape index (κ2) is 10.1. The molecule has 0 heterocycles. The van der Waals surface area contributed by atoms with Crippen LogP contribution in [0.4, 0.5) is 0 Å². The molecule has 1 amide bonds. The summed E-state index contributed by atoms with van der Waals surface area (Å²) in [6.07, 6.45) is 3.17. The average molecular weight is 302 g/mol. The number of aliphatic hydroxyl groups is 1. The van der Waals surface area contributed by atoms with E-state index in [1.54, 1.807) is 11.8 Å². The Morgan fingerprint density at radius 2 is 2.05 bits per heavy atom. The first-order valence-corrected chi connectivity index (χ1v) is 7.85. The summed E-state index contributed by atoms with van der Waals surface area (Å²) in [7, 11) is 0. The number of unbranched alkanes of at least 4 members (excludes halogenated alkanes) is 2. The number of carbonyl (C=O) groups is 1. The molecule has 1 rings (SSSR count). The third kappa shape index (κ3) is 7.45. The molecule has 5 heteroatoms. The van der Waals surface area contributed by atoms with Crippen molar-refractivity contribution in [1.29, 1.82) is 0 Å². The quantitative estimate of drug-likeness (QED) is 0.544. The lowest BCUT2D eigenvalue weighted by Gasteiger charge is -2.05. The van der Waals surface area contributed by atoms with Crippen molar-refractivity contribution in [2.75, 3.05) is 18.9 Å². The first-order valence-electron chi connectivity index (χ1n) is 6.49. The summed E-state index contributed by atoms with van der Waals surface area (Å²) < 4.78 is 0. The highest BCUT2D eigenvalue weighted by Gasteiger charge is 2.03. The zero-order valence-corrected chi connectivity index (χ0v) is 12.5. The van der Waals surface area contributed by atoms with Gasteiger partial charge in [-0.15, -0.1) is 11.8 Å². The highest BCUT2D eigenvalue weighted by Crippen LogP contribution is 2.26. The normalized spacial score (nSPS) is 10.4. The molecule has 0 aliphatic heterocycles. The first-order chi connectivity index (χ1) is 9.24. The molecule has 106 valence electrons. The number of rotatable bonds is 9. The van der Waals surface area contributed by atoms with Crippen LogP contribution in [0.15, 0.2) is 29.2 Å². The van der Waals surface area contributed by atoms with Gasteiger partial charge in [0.15, 0.2) is 0 Å². The lowest BCUT2D eigenvalue weighted by Crippen LogP contribution is -2.24. The van der Waals surface area contributed by atoms with Crippen LogP contribution < -0.4 is 5.32 Å². The monoisotopic (exact) mass is 301 g/mol. The maximum atomic E-state index is 11.5. The number of halogens is 1. The van der Waals surface area contributed by atoms with Gasteiger partial charge in [0.1, 0.15) is 0 Å². The molecule has 0 saturated heterocycles. The smallest absolute Gasteiger partial charge is 0.220 e. The van der Waals surface area contributed by atoms with E-state index >= 15 is 0 Å². The summed E-state index contributed by atoms with van der Waals surface area (Å²) in [5.74, 6) is 0.801. The summed E-state index contributed by atoms with van der Waals surface area (Å²) in [5.41, 5.74) is 0. The SMILES string of the molecule is O=C(CCSc1ccccc1Cl)NCCCCCO. The predicted molar refractivity (Wildman–Crippen MR) is 80.7 cm³/mol. The fourth-order valence-corrected chi connectivity index (χ4v) is 2.73. The predicted octanol–water partition coefficient (Wildman–Crippen LogP) is 3.10. The summed E-state index contributed by atoms with van der Waals surface area (Å²) in [5, 5.41) is 12.2. The molecule has 0 bridgehead atoms. The second-order valence-electron chi connectivity index (χ2n) is 4.16. The van der Waals surface area contributed by atoms with Gasteiger partial charge in [-0.25, -0.2) is 0 Å². The van der Waals surface area contributed by atoms with Crippen molar-refractivity contribution in [3.05, 3.63) is 29.3 Å². The molecule has 0 aromatic heterocycles. The molecule has 0 spiro atoms. The topological polar surface area (TPSA) is 49.3 Å². The summed E-state index contributed by atoms with van der Waals surface area (Å²) in [6.45, 7) is 0.915. The van der Waals surface area contributed by atoms with Crippen LogP contribution in [0.5, 0.6) is 0 Å². The Bertz CT molecular complexity index is 387. The van der Waals surface area contributed by atoms with E-state index in [1.165, 1.54) is 0 Å². The van der Waals surface area contributed by atoms with Gasteiger partial charge in [-0.2, -0.15) is 0 Å². The minimum absolute atomic E-state index is 0.0727. The van der Waals surface area contributed by atoms with Crippen molar-refractivity contribution in [1.82, 2.24) is 5.32 Å². The number of thioether (sulfide) groups is 1. The van der Waals surface area contributed by atoms with Crippen LogP contribution >= 0.6 is 23.4 Å². The molecule has 2 N–H and O–H groups in total. The number of amides is 1. The molecule has 0 radical (unpaired) electrons. The Hall–Kier alpha value is -0.710. The highest BCUT2D eigenvalue weighted by molar-refractivity contribution is 7.99. The number of aliphatic hydroxyl groups excluding tert-OH is 1. The van der Waals surface area contributed by atoms with Gasteiger partial charge in [0.05, 0.1) is 5.02 Å². The van der Waals surface area contributed by atoms with Gasteiger partial charge < -0.3 is 10.4 Å². The molecular formula is C14H20ClNO2S. The van der Waals surface area contributed by atoms with Gasteiger partial charge >= 0.3 is 0 Å². The van der Waals surface area contributed by atoms with Crippen molar-refractivity contribution >= 4 is 29.3 Å². The lowest BCUT2D eigenvalue weighted by atomic mass is 10.2. The van der Waals surface area contributed by atoms with E-state index < -0.39 is 0 Å². The van der Waals surface area contributed by atoms with Gasteiger partial charge in [0, 0.05) is 30.2 Å². The molecule has 0 aliphatic rings. The zero-order valence-electron chi connectivity index (χ0n) is 10.9. The molecule has 3 nitrogen and oxygen atoms in total. The number of hydrogen-bond donors (Lipinski definition) is 2. The number of nitrogens with one attached hydrogen (secondary N) is 1. The largest absolute Gasteiger partial charge is 0.396 e. The minimum Gasteiger partial charge on any atom is -0.396 e. The Morgan fingerprint density at radius 1 is 1.26 bits per heavy atom. The van der Waals surface area contributed by atoms with Crippen molar-refractivity contribution in [3.63, 3.8) is 0 Å². The van der Waals surface area contributed by atoms with Crippen LogP contribution in [0.25, 0.3) is 0 Å². The Kier molecular flexibility index (Phi) is 8.71. The average Bonchev–Trinajstić information content (AvgIpc) is 2.41. The van der Waals surface area contributed by atoms with Gasteiger partial charge in [-0.05, 0) is 31.4 Å². The molecule has 0 atom stereocenters. The first kappa shape index (κ1) is 16.3. The molecular weight excluding hydrogens is 282 g/mol. The fraction of sp³-hybridized carbons (Fsp3) is 0.500. The van der Waals surface area contributed by atoms with E-state index in [2.05, 4.69) is 5.32 Å². The van der Waals surface area contributed by atoms with Crippen LogP contribution in [0, 0.1) is 0 Å². The molecule has 19 heavy (non-hydrogen) atoms. The van der Waals surface area contributed by atoms with Gasteiger partial charge in [0.2, 0.25) is 5.91 Å². The van der Waals surface area contributed by atoms with Crippen molar-refractivity contribution in [3.8, 4) is 0 Å². The van der Waals surface area contributed by atoms with Crippen LogP contribution in [-0.2, 0) is 4.79 Å². The van der Waals surface area contributed by atoms with Crippen LogP contribution in [0.3, 0.4) is 0 Å². The Balaban J connectivity index is 2.09. The number of hydrogen-bond acceptors (Lipinski definition) is 3. The van der Waals surface area contributed by atoms with Gasteiger partial charge in [0.25, 0.3) is 0 Å². The summed E-state index contributed by atoms with van der Waals surface area (Å²) >= 11 is 7.63. The molecule has 0 unspecified atom stereocenters. The van der Waals surface area contributed by atoms with E-state index in [1.807, 2.05) is 24.3 Å². The lowest BCUT2D eigenvalue weighted by molar-refractivity contribution is -0.120. The third-order valence-corrected chi connectivity index (χ3v) is 4.10. The van der Waals surface area contributed by atoms with Gasteiger partial charge in [-0.1, -0.05) is 23.7 Å². The molecule has 1 aromatic carbocycles. The van der Waals surface area contributed by atoms with Crippen molar-refractivity contribution in [2.24, 2.45) is 0 Å². The Labute approximate surface area is 123 Å². The van der Waals surface area contributed by atoms with E-state index in [4.69, 9.17) is 16.7 Å². The minimum atomic E-state index is 0.0727. The standard InChI is InChI=1S/C14H20ClNO2S/c15-12-6-2-3-7-13(12)19-11-8-14(18)16-9-4-1-5-10-17/h2-3,6-7,17H,1,4-5,8-11H2,(H,16,18). The van der Waals surface area contributed by atoms with Gasteiger partial charge in [-0.3, -0.25) is 4.79 Å². The molecule has 0 aliphatic carbocycles. The maximum Gasteiger partial charge on any atom is 0.220 e. The molecule has 1 aromatic rings. The molecule has 0 saturated carbocycles. The second-order valence-corrected chi connectivity index (χ2v) is 5.71. The van der Waals surface area contributed by atoms with E-state index in [-0.39, 0.29) is 12.5 Å². The summed E-state index contributed by atoms with van der Waals surface area (Å²) in [6, 6.07) is 7.64. The van der Waals surface area contributed by atoms with Crippen molar-refractivity contribution < 1.29 is 9.90 Å². The zero-order chi connectivity index (χ0) is 13.9. The van der Waals surface area contributed by atoms with Crippen LogP contribution in [-0.4, -0.2) is 29.9 Å². The third-order valence-electron chi connectivity index (χ3n) is 2.58. The van der Waals surface area contributed by atoms with E-state index in [9.17, 15) is 4.79 Å². The number of benzene rings is 1. The number of carbonyl (C=O) groups excluding carboxylic acids is 1. The molecule has 0 fully saturated rings. The Morgan fingerprint density at radius 3 is 2.79 bits per heavy atom. The fourth-order valence-electron chi connectivity index (χ4n) is 1.55. The van der Waals surface area contributed by atoms with E-state index in [0.29, 0.717) is 13.0 Å². The van der Waals surface area contributed by atoms with E-state index in [0.717, 1.165) is 34.9 Å². The highest BCUT2D eigenvalue weighted by atomic mass is 35.5. The van der Waals surface area contributed by atoms with Crippen molar-refractivity contribution in [2.45, 2.75) is 30.6 Å². The maximum absolute atomic E-state index is 11.5.